The summed E-state index contributed by atoms with van der Waals surface area (Å²) in [5, 5.41) is 0. The molecule has 1 amide bonds. The number of pyridine rings is 1. The summed E-state index contributed by atoms with van der Waals surface area (Å²) in [5.74, 6) is 0. The van der Waals surface area contributed by atoms with Gasteiger partial charge in [0, 0.05) is 23.7 Å². The summed E-state index contributed by atoms with van der Waals surface area (Å²) in [6.45, 7) is 1.60. The Labute approximate surface area is 131 Å². The molecule has 1 atom stereocenters. The first-order valence-corrected chi connectivity index (χ1v) is 7.65. The van der Waals surface area contributed by atoms with Gasteiger partial charge in [0.25, 0.3) is 0 Å². The Bertz CT molecular complexity index is 643. The number of rotatable bonds is 3. The van der Waals surface area contributed by atoms with E-state index in [0.717, 1.165) is 25.9 Å². The quantitative estimate of drug-likeness (QED) is 0.816. The molecule has 3 rings (SSSR count). The summed E-state index contributed by atoms with van der Waals surface area (Å²) in [6, 6.07) is 14.6. The van der Waals surface area contributed by atoms with E-state index in [0.29, 0.717) is 0 Å². The zero-order valence-corrected chi connectivity index (χ0v) is 12.8. The molecule has 4 heteroatoms. The highest BCUT2D eigenvalue weighted by Gasteiger charge is 2.31. The van der Waals surface area contributed by atoms with Gasteiger partial charge in [-0.3, -0.25) is 0 Å². The van der Waals surface area contributed by atoms with E-state index in [4.69, 9.17) is 4.74 Å². The normalized spacial score (nSPS) is 17.5. The van der Waals surface area contributed by atoms with Crippen molar-refractivity contribution in [1.29, 1.82) is 0 Å². The summed E-state index contributed by atoms with van der Waals surface area (Å²) in [7, 11) is 1.44. The van der Waals surface area contributed by atoms with E-state index < -0.39 is 0 Å². The third-order valence-corrected chi connectivity index (χ3v) is 4.14. The lowest BCUT2D eigenvalue weighted by atomic mass is 10.1. The Balaban J connectivity index is 1.80. The molecule has 1 unspecified atom stereocenters. The summed E-state index contributed by atoms with van der Waals surface area (Å²) >= 11 is 0. The van der Waals surface area contributed by atoms with Crippen LogP contribution in [0.4, 0.5) is 4.79 Å². The van der Waals surface area contributed by atoms with Crippen LogP contribution in [-0.2, 0) is 11.3 Å². The molecule has 0 bridgehead atoms. The van der Waals surface area contributed by atoms with E-state index in [1.54, 1.807) is 0 Å². The molecule has 4 nitrogen and oxygen atoms in total. The predicted molar refractivity (Wildman–Crippen MR) is 83.3 cm³/mol. The maximum atomic E-state index is 11.9. The van der Waals surface area contributed by atoms with Crippen LogP contribution in [-0.4, -0.2) is 24.6 Å². The van der Waals surface area contributed by atoms with Gasteiger partial charge in [-0.1, -0.05) is 30.3 Å². The minimum atomic E-state index is -0.235. The first kappa shape index (κ1) is 14.6. The molecule has 1 fully saturated rings. The van der Waals surface area contributed by atoms with Crippen LogP contribution in [0.1, 0.15) is 30.0 Å². The third-order valence-electron chi connectivity index (χ3n) is 4.14. The Hall–Kier alpha value is -2.36. The molecule has 1 aromatic carbocycles. The van der Waals surface area contributed by atoms with Crippen LogP contribution in [0.2, 0.25) is 0 Å². The highest BCUT2D eigenvalue weighted by molar-refractivity contribution is 5.68. The second-order valence-corrected chi connectivity index (χ2v) is 5.62. The molecular formula is C18H21N2O2+. The average molecular weight is 297 g/mol. The van der Waals surface area contributed by atoms with E-state index in [2.05, 4.69) is 47.3 Å². The molecular weight excluding hydrogens is 276 g/mol. The molecule has 0 N–H and O–H groups in total. The summed E-state index contributed by atoms with van der Waals surface area (Å²) in [5.41, 5.74) is 2.43. The van der Waals surface area contributed by atoms with Crippen molar-refractivity contribution in [3.63, 3.8) is 0 Å². The lowest BCUT2D eigenvalue weighted by molar-refractivity contribution is -0.688. The fourth-order valence-corrected chi connectivity index (χ4v) is 3.08. The fourth-order valence-electron chi connectivity index (χ4n) is 3.08. The molecule has 2 aromatic rings. The monoisotopic (exact) mass is 297 g/mol. The number of likely N-dealkylation sites (tertiary alicyclic amines) is 1. The SMILES string of the molecule is COC(=O)N1CCCC1c1ccc[n+](Cc2ccccc2)c1. The molecule has 0 spiro atoms. The van der Waals surface area contributed by atoms with Crippen molar-refractivity contribution < 1.29 is 14.1 Å². The van der Waals surface area contributed by atoms with Crippen LogP contribution in [0.15, 0.2) is 54.9 Å². The number of benzene rings is 1. The zero-order chi connectivity index (χ0) is 15.4. The Kier molecular flexibility index (Phi) is 4.37. The van der Waals surface area contributed by atoms with Crippen LogP contribution in [0.3, 0.4) is 0 Å². The van der Waals surface area contributed by atoms with E-state index in [1.165, 1.54) is 18.2 Å². The minimum absolute atomic E-state index is 0.121. The number of hydrogen-bond donors (Lipinski definition) is 0. The molecule has 1 aliphatic heterocycles. The standard InChI is InChI=1S/C18H21N2O2/c1-22-18(21)20-12-6-10-17(20)16-9-5-11-19(14-16)13-15-7-3-2-4-8-15/h2-5,7-9,11,14,17H,6,10,12-13H2,1H3/q+1. The van der Waals surface area contributed by atoms with Gasteiger partial charge in [-0.05, 0) is 18.9 Å². The van der Waals surface area contributed by atoms with Gasteiger partial charge >= 0.3 is 6.09 Å². The molecule has 0 radical (unpaired) electrons. The highest BCUT2D eigenvalue weighted by atomic mass is 16.5. The van der Waals surface area contributed by atoms with Crippen molar-refractivity contribution in [3.8, 4) is 0 Å². The van der Waals surface area contributed by atoms with Gasteiger partial charge in [0.05, 0.1) is 13.2 Å². The lowest BCUT2D eigenvalue weighted by Gasteiger charge is -2.22. The van der Waals surface area contributed by atoms with Gasteiger partial charge in [-0.2, -0.15) is 0 Å². The van der Waals surface area contributed by atoms with E-state index >= 15 is 0 Å². The van der Waals surface area contributed by atoms with Crippen molar-refractivity contribution >= 4 is 6.09 Å². The van der Waals surface area contributed by atoms with Gasteiger partial charge < -0.3 is 9.64 Å². The predicted octanol–water partition coefficient (Wildman–Crippen LogP) is 2.93. The van der Waals surface area contributed by atoms with Crippen molar-refractivity contribution in [2.45, 2.75) is 25.4 Å². The van der Waals surface area contributed by atoms with Crippen LogP contribution >= 0.6 is 0 Å². The number of hydrogen-bond acceptors (Lipinski definition) is 2. The van der Waals surface area contributed by atoms with Gasteiger partial charge in [-0.25, -0.2) is 9.36 Å². The van der Waals surface area contributed by atoms with Crippen LogP contribution in [0, 0.1) is 0 Å². The van der Waals surface area contributed by atoms with Gasteiger partial charge in [0.15, 0.2) is 18.9 Å². The molecule has 0 aliphatic carbocycles. The van der Waals surface area contributed by atoms with E-state index in [1.807, 2.05) is 17.0 Å². The summed E-state index contributed by atoms with van der Waals surface area (Å²) < 4.78 is 7.06. The number of carbonyl (C=O) groups is 1. The topological polar surface area (TPSA) is 33.4 Å². The van der Waals surface area contributed by atoms with Crippen molar-refractivity contribution in [2.75, 3.05) is 13.7 Å². The van der Waals surface area contributed by atoms with Crippen molar-refractivity contribution in [2.24, 2.45) is 0 Å². The van der Waals surface area contributed by atoms with Crippen molar-refractivity contribution in [3.05, 3.63) is 66.0 Å². The van der Waals surface area contributed by atoms with Crippen LogP contribution < -0.4 is 4.57 Å². The summed E-state index contributed by atoms with van der Waals surface area (Å²) in [6.07, 6.45) is 5.98. The fraction of sp³-hybridized carbons (Fsp3) is 0.333. The smallest absolute Gasteiger partial charge is 0.409 e. The average Bonchev–Trinajstić information content (AvgIpc) is 3.05. The molecule has 2 heterocycles. The van der Waals surface area contributed by atoms with Crippen molar-refractivity contribution in [1.82, 2.24) is 4.90 Å². The molecule has 0 saturated carbocycles. The molecule has 1 aromatic heterocycles. The second kappa shape index (κ2) is 6.60. The Morgan fingerprint density at radius 3 is 2.86 bits per heavy atom. The Morgan fingerprint density at radius 1 is 1.27 bits per heavy atom. The lowest BCUT2D eigenvalue weighted by Crippen LogP contribution is -2.36. The number of carbonyl (C=O) groups excluding carboxylic acids is 1. The maximum absolute atomic E-state index is 11.9. The minimum Gasteiger partial charge on any atom is -0.453 e. The maximum Gasteiger partial charge on any atom is 0.409 e. The van der Waals surface area contributed by atoms with Gasteiger partial charge in [0.1, 0.15) is 0 Å². The number of amides is 1. The van der Waals surface area contributed by atoms with Gasteiger partial charge in [0.2, 0.25) is 0 Å². The largest absolute Gasteiger partial charge is 0.453 e. The number of aromatic nitrogens is 1. The number of nitrogens with zero attached hydrogens (tertiary/aromatic N) is 2. The number of ether oxygens (including phenoxy) is 1. The second-order valence-electron chi connectivity index (χ2n) is 5.62. The Morgan fingerprint density at radius 2 is 2.09 bits per heavy atom. The first-order valence-electron chi connectivity index (χ1n) is 7.65. The molecule has 22 heavy (non-hydrogen) atoms. The number of methoxy groups -OCH3 is 1. The molecule has 1 aliphatic rings. The summed E-state index contributed by atoms with van der Waals surface area (Å²) in [4.78, 5) is 13.7. The van der Waals surface area contributed by atoms with E-state index in [-0.39, 0.29) is 12.1 Å². The molecule has 114 valence electrons. The van der Waals surface area contributed by atoms with Crippen LogP contribution in [0.25, 0.3) is 0 Å². The van der Waals surface area contributed by atoms with Gasteiger partial charge in [-0.15, -0.1) is 0 Å². The van der Waals surface area contributed by atoms with Crippen LogP contribution in [0.5, 0.6) is 0 Å². The zero-order valence-electron chi connectivity index (χ0n) is 12.8. The molecule has 1 saturated heterocycles. The first-order chi connectivity index (χ1) is 10.8. The van der Waals surface area contributed by atoms with E-state index in [9.17, 15) is 4.79 Å². The third kappa shape index (κ3) is 3.11. The highest BCUT2D eigenvalue weighted by Crippen LogP contribution is 2.31.